The van der Waals surface area contributed by atoms with Crippen molar-refractivity contribution in [3.05, 3.63) is 35.4 Å². The van der Waals surface area contributed by atoms with Crippen LogP contribution in [-0.4, -0.2) is 36.9 Å². The molecule has 0 aromatic heterocycles. The van der Waals surface area contributed by atoms with Gasteiger partial charge in [0.05, 0.1) is 6.54 Å². The van der Waals surface area contributed by atoms with Crippen molar-refractivity contribution in [1.29, 1.82) is 0 Å². The minimum Gasteiger partial charge on any atom is -0.366 e. The number of hydrogen-bond donors (Lipinski definition) is 2. The second-order valence-corrected chi connectivity index (χ2v) is 5.01. The van der Waals surface area contributed by atoms with E-state index in [1.165, 1.54) is 6.42 Å². The summed E-state index contributed by atoms with van der Waals surface area (Å²) in [6.07, 6.45) is 2.31. The monoisotopic (exact) mass is 290 g/mol. The molecule has 116 valence electrons. The molecule has 0 unspecified atom stereocenters. The van der Waals surface area contributed by atoms with Gasteiger partial charge in [0.25, 0.3) is 0 Å². The van der Waals surface area contributed by atoms with Crippen molar-refractivity contribution in [2.75, 3.05) is 20.1 Å². The molecule has 1 amide bonds. The summed E-state index contributed by atoms with van der Waals surface area (Å²) in [5, 5.41) is 3.29. The first-order valence-electron chi connectivity index (χ1n) is 7.46. The first kappa shape index (κ1) is 17.0. The van der Waals surface area contributed by atoms with Crippen molar-refractivity contribution >= 4 is 11.9 Å². The summed E-state index contributed by atoms with van der Waals surface area (Å²) in [4.78, 5) is 17.8. The summed E-state index contributed by atoms with van der Waals surface area (Å²) in [5.74, 6) is 0.502. The molecule has 0 radical (unpaired) electrons. The van der Waals surface area contributed by atoms with E-state index in [1.54, 1.807) is 12.1 Å². The van der Waals surface area contributed by atoms with Gasteiger partial charge in [-0.1, -0.05) is 25.5 Å². The van der Waals surface area contributed by atoms with E-state index < -0.39 is 5.91 Å². The van der Waals surface area contributed by atoms with Crippen LogP contribution in [0.1, 0.15) is 42.6 Å². The Bertz CT molecular complexity index is 468. The minimum absolute atomic E-state index is 0.405. The van der Waals surface area contributed by atoms with Gasteiger partial charge >= 0.3 is 0 Å². The van der Waals surface area contributed by atoms with E-state index in [4.69, 9.17) is 5.73 Å². The Kier molecular flexibility index (Phi) is 7.29. The van der Waals surface area contributed by atoms with E-state index >= 15 is 0 Å². The third-order valence-corrected chi connectivity index (χ3v) is 3.19. The van der Waals surface area contributed by atoms with Gasteiger partial charge in [-0.15, -0.1) is 0 Å². The number of primary amides is 1. The standard InChI is InChI=1S/C16H26N4O/c1-4-6-11-20(3)16(18-5-2)19-12-13-7-9-14(10-8-13)15(17)21/h7-10H,4-6,11-12H2,1-3H3,(H2,17,21)(H,18,19). The Hall–Kier alpha value is -2.04. The van der Waals surface area contributed by atoms with Crippen molar-refractivity contribution in [2.24, 2.45) is 10.7 Å². The average molecular weight is 290 g/mol. The minimum atomic E-state index is -0.405. The molecule has 1 rings (SSSR count). The van der Waals surface area contributed by atoms with Crippen LogP contribution in [0, 0.1) is 0 Å². The van der Waals surface area contributed by atoms with Crippen LogP contribution in [-0.2, 0) is 6.54 Å². The fraction of sp³-hybridized carbons (Fsp3) is 0.500. The summed E-state index contributed by atoms with van der Waals surface area (Å²) in [7, 11) is 2.05. The lowest BCUT2D eigenvalue weighted by Crippen LogP contribution is -2.39. The van der Waals surface area contributed by atoms with Gasteiger partial charge in [0.2, 0.25) is 5.91 Å². The third kappa shape index (κ3) is 5.85. The maximum absolute atomic E-state index is 11.0. The van der Waals surface area contributed by atoms with Crippen LogP contribution < -0.4 is 11.1 Å². The van der Waals surface area contributed by atoms with Gasteiger partial charge in [-0.3, -0.25) is 4.79 Å². The molecule has 0 fully saturated rings. The number of nitrogens with one attached hydrogen (secondary N) is 1. The molecule has 0 saturated heterocycles. The van der Waals surface area contributed by atoms with Gasteiger partial charge in [0.15, 0.2) is 5.96 Å². The number of hydrogen-bond acceptors (Lipinski definition) is 2. The lowest BCUT2D eigenvalue weighted by Gasteiger charge is -2.21. The number of guanidine groups is 1. The highest BCUT2D eigenvalue weighted by atomic mass is 16.1. The molecule has 0 atom stereocenters. The molecule has 1 aromatic carbocycles. The maximum atomic E-state index is 11.0. The molecular weight excluding hydrogens is 264 g/mol. The van der Waals surface area contributed by atoms with E-state index in [0.29, 0.717) is 12.1 Å². The molecular formula is C16H26N4O. The number of carbonyl (C=O) groups excluding carboxylic acids is 1. The molecule has 0 spiro atoms. The van der Waals surface area contributed by atoms with E-state index in [-0.39, 0.29) is 0 Å². The van der Waals surface area contributed by atoms with E-state index in [9.17, 15) is 4.79 Å². The van der Waals surface area contributed by atoms with Crippen molar-refractivity contribution in [3.8, 4) is 0 Å². The van der Waals surface area contributed by atoms with Gasteiger partial charge < -0.3 is 16.0 Å². The number of unbranched alkanes of at least 4 members (excludes halogenated alkanes) is 1. The number of benzene rings is 1. The topological polar surface area (TPSA) is 70.7 Å². The van der Waals surface area contributed by atoms with Gasteiger partial charge in [-0.25, -0.2) is 4.99 Å². The molecule has 0 saturated carbocycles. The normalized spacial score (nSPS) is 11.3. The molecule has 0 heterocycles. The summed E-state index contributed by atoms with van der Waals surface area (Å²) in [5.41, 5.74) is 6.81. The molecule has 1 aromatic rings. The quantitative estimate of drug-likeness (QED) is 0.596. The summed E-state index contributed by atoms with van der Waals surface area (Å²) >= 11 is 0. The lowest BCUT2D eigenvalue weighted by molar-refractivity contribution is 0.100. The summed E-state index contributed by atoms with van der Waals surface area (Å²) in [6, 6.07) is 7.25. The number of rotatable bonds is 7. The molecule has 0 bridgehead atoms. The maximum Gasteiger partial charge on any atom is 0.248 e. The SMILES string of the molecule is CCCCN(C)C(=NCc1ccc(C(N)=O)cc1)NCC. The van der Waals surface area contributed by atoms with Gasteiger partial charge in [0, 0.05) is 25.7 Å². The predicted octanol–water partition coefficient (Wildman–Crippen LogP) is 1.98. The largest absolute Gasteiger partial charge is 0.366 e. The van der Waals surface area contributed by atoms with Crippen LogP contribution in [0.3, 0.4) is 0 Å². The van der Waals surface area contributed by atoms with Crippen LogP contribution in [0.25, 0.3) is 0 Å². The fourth-order valence-corrected chi connectivity index (χ4v) is 1.91. The van der Waals surface area contributed by atoms with Crippen LogP contribution in [0.4, 0.5) is 0 Å². The van der Waals surface area contributed by atoms with Gasteiger partial charge in [-0.2, -0.15) is 0 Å². The Morgan fingerprint density at radius 1 is 1.29 bits per heavy atom. The third-order valence-electron chi connectivity index (χ3n) is 3.19. The molecule has 0 aliphatic heterocycles. The smallest absolute Gasteiger partial charge is 0.248 e. The van der Waals surface area contributed by atoms with Crippen molar-refractivity contribution in [1.82, 2.24) is 10.2 Å². The van der Waals surface area contributed by atoms with E-state index in [2.05, 4.69) is 29.1 Å². The second-order valence-electron chi connectivity index (χ2n) is 5.01. The Morgan fingerprint density at radius 3 is 2.48 bits per heavy atom. The molecule has 0 aliphatic carbocycles. The summed E-state index contributed by atoms with van der Waals surface area (Å²) in [6.45, 7) is 6.65. The zero-order chi connectivity index (χ0) is 15.7. The number of nitrogens with two attached hydrogens (primary N) is 1. The van der Waals surface area contributed by atoms with Gasteiger partial charge in [-0.05, 0) is 31.0 Å². The lowest BCUT2D eigenvalue weighted by atomic mass is 10.1. The molecule has 5 heteroatoms. The zero-order valence-corrected chi connectivity index (χ0v) is 13.2. The van der Waals surface area contributed by atoms with Crippen molar-refractivity contribution < 1.29 is 4.79 Å². The highest BCUT2D eigenvalue weighted by molar-refractivity contribution is 5.92. The predicted molar refractivity (Wildman–Crippen MR) is 87.3 cm³/mol. The van der Waals surface area contributed by atoms with Gasteiger partial charge in [0.1, 0.15) is 0 Å². The Balaban J connectivity index is 2.70. The average Bonchev–Trinajstić information content (AvgIpc) is 2.49. The van der Waals surface area contributed by atoms with Crippen molar-refractivity contribution in [3.63, 3.8) is 0 Å². The van der Waals surface area contributed by atoms with E-state index in [1.807, 2.05) is 19.2 Å². The molecule has 5 nitrogen and oxygen atoms in total. The highest BCUT2D eigenvalue weighted by Gasteiger charge is 2.05. The first-order valence-corrected chi connectivity index (χ1v) is 7.46. The molecule has 0 aliphatic rings. The summed E-state index contributed by atoms with van der Waals surface area (Å²) < 4.78 is 0. The molecule has 21 heavy (non-hydrogen) atoms. The van der Waals surface area contributed by atoms with Crippen molar-refractivity contribution in [2.45, 2.75) is 33.2 Å². The number of amides is 1. The Labute approximate surface area is 127 Å². The first-order chi connectivity index (χ1) is 10.1. The molecule has 3 N–H and O–H groups in total. The van der Waals surface area contributed by atoms with Crippen LogP contribution >= 0.6 is 0 Å². The zero-order valence-electron chi connectivity index (χ0n) is 13.2. The fourth-order valence-electron chi connectivity index (χ4n) is 1.91. The second kappa shape index (κ2) is 9.00. The van der Waals surface area contributed by atoms with E-state index in [0.717, 1.165) is 31.0 Å². The highest BCUT2D eigenvalue weighted by Crippen LogP contribution is 2.05. The Morgan fingerprint density at radius 2 is 1.95 bits per heavy atom. The van der Waals surface area contributed by atoms with Crippen LogP contribution in [0.5, 0.6) is 0 Å². The van der Waals surface area contributed by atoms with Crippen LogP contribution in [0.2, 0.25) is 0 Å². The number of aliphatic imine (C=N–C) groups is 1. The number of nitrogens with zero attached hydrogens (tertiary/aromatic N) is 2. The van der Waals surface area contributed by atoms with Crippen LogP contribution in [0.15, 0.2) is 29.3 Å². The number of carbonyl (C=O) groups is 1.